The first kappa shape index (κ1) is 31.1. The zero-order valence-corrected chi connectivity index (χ0v) is 26.5. The molecular weight excluding hydrogens is 574 g/mol. The number of hydrogen-bond donors (Lipinski definition) is 2. The van der Waals surface area contributed by atoms with E-state index in [1.807, 2.05) is 115 Å². The van der Waals surface area contributed by atoms with Gasteiger partial charge in [0.1, 0.15) is 5.75 Å². The van der Waals surface area contributed by atoms with Gasteiger partial charge in [-0.1, -0.05) is 84.9 Å². The van der Waals surface area contributed by atoms with Gasteiger partial charge in [-0.25, -0.2) is 0 Å². The lowest BCUT2D eigenvalue weighted by Crippen LogP contribution is -2.51. The number of nitrogens with zero attached hydrogens (tertiary/aromatic N) is 1. The SMILES string of the molecule is CCNC(=O)C1(c2ccccc2)CCC(C(=O)N2CCC(NC(=O)c3ccccc3-c3ccc(OC)cc3)CC2)c2ccccc21. The first-order valence-corrected chi connectivity index (χ1v) is 16.2. The number of ether oxygens (including phenoxy) is 1. The molecule has 7 nitrogen and oxygen atoms in total. The standard InChI is InChI=1S/C39H41N3O4/c1-3-40-38(45)39(28-11-5-4-6-12-28)24-21-34(32-14-9-10-16-35(32)39)37(44)42-25-22-29(23-26-42)41-36(43)33-15-8-7-13-31(33)27-17-19-30(46-2)20-18-27/h4-20,29,34H,3,21-26H2,1-2H3,(H,40,45)(H,41,43). The van der Waals surface area contributed by atoms with Crippen molar-refractivity contribution in [1.82, 2.24) is 15.5 Å². The molecule has 0 spiro atoms. The lowest BCUT2D eigenvalue weighted by atomic mass is 9.62. The number of carbonyl (C=O) groups is 3. The number of methoxy groups -OCH3 is 1. The van der Waals surface area contributed by atoms with Crippen LogP contribution < -0.4 is 15.4 Å². The zero-order valence-electron chi connectivity index (χ0n) is 26.5. The number of amides is 3. The van der Waals surface area contributed by atoms with Crippen molar-refractivity contribution in [2.75, 3.05) is 26.7 Å². The van der Waals surface area contributed by atoms with Gasteiger partial charge >= 0.3 is 0 Å². The fourth-order valence-electron chi connectivity index (χ4n) is 7.23. The van der Waals surface area contributed by atoms with Crippen LogP contribution in [0.5, 0.6) is 5.75 Å². The summed E-state index contributed by atoms with van der Waals surface area (Å²) in [5.41, 5.74) is 4.38. The number of nitrogens with one attached hydrogen (secondary N) is 2. The van der Waals surface area contributed by atoms with Gasteiger partial charge < -0.3 is 20.3 Å². The highest BCUT2D eigenvalue weighted by Gasteiger charge is 2.48. The van der Waals surface area contributed by atoms with Gasteiger partial charge in [-0.05, 0) is 78.6 Å². The molecule has 4 aromatic rings. The van der Waals surface area contributed by atoms with E-state index in [4.69, 9.17) is 4.74 Å². The Hall–Kier alpha value is -4.91. The van der Waals surface area contributed by atoms with Crippen LogP contribution in [-0.4, -0.2) is 55.4 Å². The van der Waals surface area contributed by atoms with Gasteiger partial charge in [-0.3, -0.25) is 14.4 Å². The van der Waals surface area contributed by atoms with Crippen molar-refractivity contribution in [3.8, 4) is 16.9 Å². The fraction of sp³-hybridized carbons (Fsp3) is 0.308. The predicted octanol–water partition coefficient (Wildman–Crippen LogP) is 6.08. The molecule has 2 atom stereocenters. The van der Waals surface area contributed by atoms with Crippen molar-refractivity contribution >= 4 is 17.7 Å². The summed E-state index contributed by atoms with van der Waals surface area (Å²) in [7, 11) is 1.63. The molecule has 1 aliphatic carbocycles. The van der Waals surface area contributed by atoms with Crippen LogP contribution >= 0.6 is 0 Å². The van der Waals surface area contributed by atoms with Gasteiger partial charge in [0, 0.05) is 31.2 Å². The van der Waals surface area contributed by atoms with E-state index < -0.39 is 5.41 Å². The second-order valence-electron chi connectivity index (χ2n) is 12.2. The third kappa shape index (κ3) is 5.89. The number of piperidine rings is 1. The highest BCUT2D eigenvalue weighted by Crippen LogP contribution is 2.48. The molecule has 46 heavy (non-hydrogen) atoms. The van der Waals surface area contributed by atoms with E-state index >= 15 is 0 Å². The number of likely N-dealkylation sites (tertiary alicyclic amines) is 1. The number of fused-ring (bicyclic) bond motifs is 1. The number of benzene rings is 4. The molecular formula is C39H41N3O4. The van der Waals surface area contributed by atoms with Crippen LogP contribution in [0.3, 0.4) is 0 Å². The second-order valence-corrected chi connectivity index (χ2v) is 12.2. The summed E-state index contributed by atoms with van der Waals surface area (Å²) >= 11 is 0. The summed E-state index contributed by atoms with van der Waals surface area (Å²) in [4.78, 5) is 43.3. The molecule has 3 amide bonds. The van der Waals surface area contributed by atoms with Gasteiger partial charge in [0.2, 0.25) is 11.8 Å². The summed E-state index contributed by atoms with van der Waals surface area (Å²) in [6.07, 6.45) is 2.50. The molecule has 1 saturated heterocycles. The van der Waals surface area contributed by atoms with Crippen molar-refractivity contribution in [3.05, 3.63) is 125 Å². The maximum atomic E-state index is 14.1. The van der Waals surface area contributed by atoms with Crippen LogP contribution in [-0.2, 0) is 15.0 Å². The van der Waals surface area contributed by atoms with Crippen molar-refractivity contribution in [1.29, 1.82) is 0 Å². The van der Waals surface area contributed by atoms with Crippen molar-refractivity contribution < 1.29 is 19.1 Å². The van der Waals surface area contributed by atoms with Crippen LogP contribution in [0.4, 0.5) is 0 Å². The molecule has 1 fully saturated rings. The average Bonchev–Trinajstić information content (AvgIpc) is 3.11. The largest absolute Gasteiger partial charge is 0.497 e. The third-order valence-corrected chi connectivity index (χ3v) is 9.61. The molecule has 2 unspecified atom stereocenters. The molecule has 0 saturated carbocycles. The van der Waals surface area contributed by atoms with Crippen molar-refractivity contribution in [2.24, 2.45) is 0 Å². The minimum atomic E-state index is -0.843. The summed E-state index contributed by atoms with van der Waals surface area (Å²) in [5.74, 6) is 0.413. The van der Waals surface area contributed by atoms with Crippen LogP contribution in [0.15, 0.2) is 103 Å². The van der Waals surface area contributed by atoms with E-state index in [0.717, 1.165) is 33.6 Å². The summed E-state index contributed by atoms with van der Waals surface area (Å²) in [5, 5.41) is 6.31. The first-order chi connectivity index (χ1) is 22.5. The van der Waals surface area contributed by atoms with E-state index in [2.05, 4.69) is 10.6 Å². The Kier molecular flexibility index (Phi) is 9.20. The normalized spacial score (nSPS) is 19.5. The Bertz CT molecular complexity index is 1700. The van der Waals surface area contributed by atoms with E-state index in [9.17, 15) is 14.4 Å². The van der Waals surface area contributed by atoms with Gasteiger partial charge in [-0.2, -0.15) is 0 Å². The Morgan fingerprint density at radius 3 is 2.22 bits per heavy atom. The molecule has 2 N–H and O–H groups in total. The Balaban J connectivity index is 1.15. The maximum Gasteiger partial charge on any atom is 0.252 e. The van der Waals surface area contributed by atoms with Crippen molar-refractivity contribution in [3.63, 3.8) is 0 Å². The van der Waals surface area contributed by atoms with E-state index in [1.165, 1.54) is 0 Å². The molecule has 0 bridgehead atoms. The van der Waals surface area contributed by atoms with E-state index in [-0.39, 0.29) is 29.7 Å². The number of rotatable bonds is 8. The number of carbonyl (C=O) groups excluding carboxylic acids is 3. The van der Waals surface area contributed by atoms with Gasteiger partial charge in [0.15, 0.2) is 0 Å². The molecule has 7 heteroatoms. The molecule has 1 heterocycles. The fourth-order valence-corrected chi connectivity index (χ4v) is 7.23. The minimum absolute atomic E-state index is 0.0235. The van der Waals surface area contributed by atoms with E-state index in [1.54, 1.807) is 7.11 Å². The number of hydrogen-bond acceptors (Lipinski definition) is 4. The third-order valence-electron chi connectivity index (χ3n) is 9.61. The average molecular weight is 616 g/mol. The minimum Gasteiger partial charge on any atom is -0.497 e. The molecule has 4 aromatic carbocycles. The topological polar surface area (TPSA) is 87.7 Å². The van der Waals surface area contributed by atoms with Crippen LogP contribution in [0.2, 0.25) is 0 Å². The quantitative estimate of drug-likeness (QED) is 0.252. The van der Waals surface area contributed by atoms with Crippen LogP contribution in [0, 0.1) is 0 Å². The van der Waals surface area contributed by atoms with Crippen LogP contribution in [0.1, 0.15) is 65.6 Å². The maximum absolute atomic E-state index is 14.1. The lowest BCUT2D eigenvalue weighted by Gasteiger charge is -2.42. The Morgan fingerprint density at radius 1 is 0.826 bits per heavy atom. The predicted molar refractivity (Wildman–Crippen MR) is 180 cm³/mol. The number of likely N-dealkylation sites (N-methyl/N-ethyl adjacent to an activating group) is 1. The Labute approximate surface area is 271 Å². The highest BCUT2D eigenvalue weighted by atomic mass is 16.5. The molecule has 1 aliphatic heterocycles. The van der Waals surface area contributed by atoms with E-state index in [0.29, 0.717) is 50.9 Å². The molecule has 2 aliphatic rings. The zero-order chi connectivity index (χ0) is 32.1. The summed E-state index contributed by atoms with van der Waals surface area (Å²) in [6.45, 7) is 3.62. The summed E-state index contributed by atoms with van der Waals surface area (Å²) in [6, 6.07) is 33.2. The van der Waals surface area contributed by atoms with Crippen LogP contribution in [0.25, 0.3) is 11.1 Å². The monoisotopic (exact) mass is 615 g/mol. The highest BCUT2D eigenvalue weighted by molar-refractivity contribution is 6.01. The first-order valence-electron chi connectivity index (χ1n) is 16.2. The molecule has 0 aromatic heterocycles. The smallest absolute Gasteiger partial charge is 0.252 e. The molecule has 0 radical (unpaired) electrons. The second kappa shape index (κ2) is 13.6. The molecule has 6 rings (SSSR count). The Morgan fingerprint density at radius 2 is 1.50 bits per heavy atom. The van der Waals surface area contributed by atoms with Gasteiger partial charge in [0.25, 0.3) is 5.91 Å². The lowest BCUT2D eigenvalue weighted by molar-refractivity contribution is -0.135. The van der Waals surface area contributed by atoms with Gasteiger partial charge in [0.05, 0.1) is 18.4 Å². The molecule has 236 valence electrons. The van der Waals surface area contributed by atoms with Crippen molar-refractivity contribution in [2.45, 2.75) is 50.0 Å². The van der Waals surface area contributed by atoms with Gasteiger partial charge in [-0.15, -0.1) is 0 Å². The summed E-state index contributed by atoms with van der Waals surface area (Å²) < 4.78 is 5.29.